The summed E-state index contributed by atoms with van der Waals surface area (Å²) in [5.74, 6) is -1.07. The number of hydrogen-bond acceptors (Lipinski definition) is 4. The third kappa shape index (κ3) is 2.00. The van der Waals surface area contributed by atoms with Gasteiger partial charge in [0.25, 0.3) is 5.91 Å². The number of quaternary nitrogens is 1. The minimum Gasteiger partial charge on any atom is -0.508 e. The quantitative estimate of drug-likeness (QED) is 0.669. The van der Waals surface area contributed by atoms with Crippen LogP contribution < -0.4 is 10.3 Å². The Balaban J connectivity index is 2.32. The molecule has 0 saturated carbocycles. The van der Waals surface area contributed by atoms with Gasteiger partial charge in [0.05, 0.1) is 12.7 Å². The fraction of sp³-hybridized carbons (Fsp3) is 0.111. The molecule has 1 aliphatic rings. The standard InChI is InChI=1S/C18H17N3O3/c1-12-16(17(19)23)18(24)21(20(12)2,13-6-4-3-5-7-13)14-8-10-15(22)11-9-14/h3-11H,1-2H3,(H2-,19,22,23)/p+1. The SMILES string of the molecule is CC1=C(C(N)=O)C(=O)[N+](c2ccccc2)(c2ccc(O)cc2)N1C. The Morgan fingerprint density at radius 3 is 2.08 bits per heavy atom. The fourth-order valence-electron chi connectivity index (χ4n) is 3.17. The van der Waals surface area contributed by atoms with Gasteiger partial charge in [-0.3, -0.25) is 4.79 Å². The summed E-state index contributed by atoms with van der Waals surface area (Å²) in [5.41, 5.74) is 7.20. The number of carbonyl (C=O) groups excluding carboxylic acids is 2. The number of phenolic OH excluding ortho intramolecular Hbond substituents is 1. The van der Waals surface area contributed by atoms with Crippen LogP contribution in [0.2, 0.25) is 0 Å². The van der Waals surface area contributed by atoms with Crippen LogP contribution in [0.25, 0.3) is 0 Å². The van der Waals surface area contributed by atoms with E-state index in [0.29, 0.717) is 17.1 Å². The molecule has 0 fully saturated rings. The Labute approximate surface area is 139 Å². The number of amides is 2. The summed E-state index contributed by atoms with van der Waals surface area (Å²) < 4.78 is -0.314. The number of rotatable bonds is 3. The van der Waals surface area contributed by atoms with Gasteiger partial charge >= 0.3 is 5.91 Å². The van der Waals surface area contributed by atoms with Gasteiger partial charge in [-0.05, 0) is 19.1 Å². The number of nitrogens with zero attached hydrogens (tertiary/aromatic N) is 2. The first kappa shape index (κ1) is 15.8. The van der Waals surface area contributed by atoms with Crippen molar-refractivity contribution in [2.24, 2.45) is 5.73 Å². The summed E-state index contributed by atoms with van der Waals surface area (Å²) in [6.45, 7) is 1.70. The van der Waals surface area contributed by atoms with Gasteiger partial charge in [-0.1, -0.05) is 22.8 Å². The molecule has 2 aromatic carbocycles. The molecular weight excluding hydrogens is 306 g/mol. The number of carbonyl (C=O) groups is 2. The van der Waals surface area contributed by atoms with Crippen molar-refractivity contribution in [2.75, 3.05) is 7.05 Å². The van der Waals surface area contributed by atoms with E-state index in [0.717, 1.165) is 0 Å². The number of phenols is 1. The van der Waals surface area contributed by atoms with E-state index < -0.39 is 11.8 Å². The van der Waals surface area contributed by atoms with Crippen molar-refractivity contribution in [3.05, 3.63) is 65.9 Å². The van der Waals surface area contributed by atoms with E-state index in [9.17, 15) is 14.7 Å². The first-order chi connectivity index (χ1) is 11.4. The highest BCUT2D eigenvalue weighted by atomic mass is 16.3. The molecule has 0 bridgehead atoms. The van der Waals surface area contributed by atoms with Crippen molar-refractivity contribution in [2.45, 2.75) is 6.92 Å². The average Bonchev–Trinajstić information content (AvgIpc) is 2.77. The molecule has 0 radical (unpaired) electrons. The van der Waals surface area contributed by atoms with Gasteiger partial charge in [0, 0.05) is 24.3 Å². The Hall–Kier alpha value is -3.12. The lowest BCUT2D eigenvalue weighted by Gasteiger charge is -2.37. The van der Waals surface area contributed by atoms with Crippen molar-refractivity contribution in [1.29, 1.82) is 0 Å². The van der Waals surface area contributed by atoms with Gasteiger partial charge in [0.2, 0.25) is 0 Å². The molecule has 1 unspecified atom stereocenters. The number of para-hydroxylation sites is 1. The first-order valence-electron chi connectivity index (χ1n) is 7.44. The summed E-state index contributed by atoms with van der Waals surface area (Å²) >= 11 is 0. The highest BCUT2D eigenvalue weighted by molar-refractivity contribution is 6.24. The molecule has 3 rings (SSSR count). The molecule has 1 heterocycles. The highest BCUT2D eigenvalue weighted by Gasteiger charge is 2.56. The maximum absolute atomic E-state index is 13.3. The zero-order valence-corrected chi connectivity index (χ0v) is 13.4. The Bertz CT molecular complexity index is 844. The normalized spacial score (nSPS) is 20.6. The fourth-order valence-corrected chi connectivity index (χ4v) is 3.17. The van der Waals surface area contributed by atoms with Crippen LogP contribution in [0.3, 0.4) is 0 Å². The van der Waals surface area contributed by atoms with Gasteiger partial charge < -0.3 is 10.8 Å². The summed E-state index contributed by atoms with van der Waals surface area (Å²) in [6.07, 6.45) is 0. The third-order valence-electron chi connectivity index (χ3n) is 4.40. The highest BCUT2D eigenvalue weighted by Crippen LogP contribution is 2.44. The van der Waals surface area contributed by atoms with Gasteiger partial charge in [-0.25, -0.2) is 9.80 Å². The topological polar surface area (TPSA) is 83.6 Å². The second-order valence-corrected chi connectivity index (χ2v) is 5.64. The van der Waals surface area contributed by atoms with E-state index in [-0.39, 0.29) is 15.9 Å². The molecule has 0 aliphatic carbocycles. The largest absolute Gasteiger partial charge is 0.508 e. The minimum atomic E-state index is -0.751. The van der Waals surface area contributed by atoms with Crippen molar-refractivity contribution in [1.82, 2.24) is 9.60 Å². The second kappa shape index (κ2) is 5.50. The van der Waals surface area contributed by atoms with Crippen molar-refractivity contribution in [3.8, 4) is 5.75 Å². The Morgan fingerprint density at radius 1 is 1.04 bits per heavy atom. The molecule has 122 valence electrons. The lowest BCUT2D eigenvalue weighted by Crippen LogP contribution is -2.55. The molecular formula is C18H18N3O3+. The van der Waals surface area contributed by atoms with Crippen molar-refractivity contribution in [3.63, 3.8) is 0 Å². The molecule has 6 heteroatoms. The predicted octanol–water partition coefficient (Wildman–Crippen LogP) is 2.18. The molecule has 24 heavy (non-hydrogen) atoms. The van der Waals surface area contributed by atoms with Crippen LogP contribution in [-0.2, 0) is 9.59 Å². The molecule has 1 atom stereocenters. The van der Waals surface area contributed by atoms with Crippen molar-refractivity contribution < 1.29 is 14.7 Å². The van der Waals surface area contributed by atoms with E-state index >= 15 is 0 Å². The number of aromatic hydroxyl groups is 1. The van der Waals surface area contributed by atoms with Crippen LogP contribution in [0, 0.1) is 0 Å². The number of benzene rings is 2. The van der Waals surface area contributed by atoms with Gasteiger partial charge in [0.1, 0.15) is 5.75 Å². The van der Waals surface area contributed by atoms with Crippen LogP contribution in [-0.4, -0.2) is 29.0 Å². The predicted molar refractivity (Wildman–Crippen MR) is 90.7 cm³/mol. The average molecular weight is 324 g/mol. The maximum atomic E-state index is 13.3. The summed E-state index contributed by atoms with van der Waals surface area (Å²) in [4.78, 5) is 25.1. The number of primary amides is 1. The lowest BCUT2D eigenvalue weighted by atomic mass is 10.1. The smallest absolute Gasteiger partial charge is 0.388 e. The zero-order valence-electron chi connectivity index (χ0n) is 13.4. The molecule has 2 amide bonds. The van der Waals surface area contributed by atoms with Crippen molar-refractivity contribution >= 4 is 23.2 Å². The van der Waals surface area contributed by atoms with E-state index in [2.05, 4.69) is 0 Å². The van der Waals surface area contributed by atoms with Crippen LogP contribution >= 0.6 is 0 Å². The molecule has 1 aliphatic heterocycles. The zero-order chi connectivity index (χ0) is 17.5. The molecule has 2 aromatic rings. The molecule has 3 N–H and O–H groups in total. The van der Waals surface area contributed by atoms with Gasteiger partial charge in [-0.2, -0.15) is 0 Å². The van der Waals surface area contributed by atoms with Crippen LogP contribution in [0.4, 0.5) is 11.4 Å². The first-order valence-corrected chi connectivity index (χ1v) is 7.44. The second-order valence-electron chi connectivity index (χ2n) is 5.64. The Morgan fingerprint density at radius 2 is 1.58 bits per heavy atom. The summed E-state index contributed by atoms with van der Waals surface area (Å²) in [5, 5.41) is 11.3. The molecule has 0 saturated heterocycles. The number of allylic oxidation sites excluding steroid dienone is 1. The summed E-state index contributed by atoms with van der Waals surface area (Å²) in [7, 11) is 1.74. The van der Waals surface area contributed by atoms with Crippen LogP contribution in [0.15, 0.2) is 65.9 Å². The molecule has 0 spiro atoms. The lowest BCUT2D eigenvalue weighted by molar-refractivity contribution is -0.130. The van der Waals surface area contributed by atoms with E-state index in [4.69, 9.17) is 5.73 Å². The summed E-state index contributed by atoms with van der Waals surface area (Å²) in [6, 6.07) is 15.5. The van der Waals surface area contributed by atoms with Crippen LogP contribution in [0.5, 0.6) is 5.75 Å². The van der Waals surface area contributed by atoms with Crippen LogP contribution in [0.1, 0.15) is 6.92 Å². The maximum Gasteiger partial charge on any atom is 0.388 e. The monoisotopic (exact) mass is 324 g/mol. The van der Waals surface area contributed by atoms with E-state index in [1.807, 2.05) is 30.3 Å². The molecule has 6 nitrogen and oxygen atoms in total. The minimum absolute atomic E-state index is 0.0190. The van der Waals surface area contributed by atoms with Gasteiger partial charge in [0.15, 0.2) is 16.9 Å². The van der Waals surface area contributed by atoms with E-state index in [1.165, 1.54) is 12.1 Å². The third-order valence-corrected chi connectivity index (χ3v) is 4.40. The number of hydrogen-bond donors (Lipinski definition) is 2. The molecule has 0 aromatic heterocycles. The number of nitrogens with two attached hydrogens (primary N) is 1. The van der Waals surface area contributed by atoms with E-state index in [1.54, 1.807) is 31.1 Å². The Kier molecular flexibility index (Phi) is 3.62. The van der Waals surface area contributed by atoms with Gasteiger partial charge in [-0.15, -0.1) is 0 Å².